The van der Waals surface area contributed by atoms with E-state index in [-0.39, 0.29) is 0 Å². The Morgan fingerprint density at radius 1 is 1.41 bits per heavy atom. The molecule has 0 aromatic carbocycles. The number of nitrogens with two attached hydrogens (primary N) is 2. The zero-order chi connectivity index (χ0) is 12.3. The van der Waals surface area contributed by atoms with Crippen LogP contribution < -0.4 is 11.5 Å². The third-order valence-corrected chi connectivity index (χ3v) is 3.86. The molecule has 1 aliphatic carbocycles. The van der Waals surface area contributed by atoms with E-state index in [0.717, 1.165) is 17.3 Å². The second-order valence-electron chi connectivity index (χ2n) is 4.98. The Kier molecular flexibility index (Phi) is 3.94. The van der Waals surface area contributed by atoms with E-state index < -0.39 is 0 Å². The van der Waals surface area contributed by atoms with E-state index in [1.165, 1.54) is 32.1 Å². The number of hydrogen-bond donors (Lipinski definition) is 2. The van der Waals surface area contributed by atoms with Gasteiger partial charge in [0.15, 0.2) is 0 Å². The molecule has 1 fully saturated rings. The van der Waals surface area contributed by atoms with Crippen molar-refractivity contribution in [1.82, 2.24) is 9.97 Å². The molecule has 0 spiro atoms. The van der Waals surface area contributed by atoms with E-state index >= 15 is 0 Å². The molecule has 2 rings (SSSR count). The van der Waals surface area contributed by atoms with E-state index in [4.69, 9.17) is 11.5 Å². The zero-order valence-corrected chi connectivity index (χ0v) is 10.5. The minimum atomic E-state index is 0.411. The maximum Gasteiger partial charge on any atom is 0.133 e. The second kappa shape index (κ2) is 5.45. The number of nitrogen functional groups attached to an aromatic ring is 1. The first-order valence-corrected chi connectivity index (χ1v) is 6.56. The predicted molar refractivity (Wildman–Crippen MR) is 69.3 cm³/mol. The smallest absolute Gasteiger partial charge is 0.133 e. The van der Waals surface area contributed by atoms with E-state index in [0.29, 0.717) is 18.3 Å². The Balaban J connectivity index is 2.13. The van der Waals surface area contributed by atoms with Crippen LogP contribution in [-0.4, -0.2) is 9.97 Å². The highest BCUT2D eigenvalue weighted by molar-refractivity contribution is 5.37. The molecule has 0 saturated heterocycles. The van der Waals surface area contributed by atoms with Crippen LogP contribution in [0.15, 0.2) is 6.20 Å². The fourth-order valence-electron chi connectivity index (χ4n) is 2.68. The normalized spacial score (nSPS) is 24.8. The first kappa shape index (κ1) is 12.3. The number of hydrogen-bond acceptors (Lipinski definition) is 4. The molecule has 1 aromatic heterocycles. The third-order valence-electron chi connectivity index (χ3n) is 3.86. The number of anilines is 1. The van der Waals surface area contributed by atoms with Crippen LogP contribution in [0.5, 0.6) is 0 Å². The van der Waals surface area contributed by atoms with E-state index in [1.807, 2.05) is 0 Å². The summed E-state index contributed by atoms with van der Waals surface area (Å²) in [5, 5.41) is 0. The molecule has 0 amide bonds. The molecule has 4 nitrogen and oxygen atoms in total. The van der Waals surface area contributed by atoms with Crippen LogP contribution in [0.1, 0.15) is 56.3 Å². The van der Waals surface area contributed by atoms with Crippen molar-refractivity contribution in [3.05, 3.63) is 17.6 Å². The van der Waals surface area contributed by atoms with Crippen molar-refractivity contribution in [2.24, 2.45) is 11.7 Å². The Bertz CT molecular complexity index is 378. The summed E-state index contributed by atoms with van der Waals surface area (Å²) in [6, 6.07) is 0. The summed E-state index contributed by atoms with van der Waals surface area (Å²) in [6.45, 7) is 2.67. The Morgan fingerprint density at radius 3 is 2.88 bits per heavy atom. The average molecular weight is 234 g/mol. The molecule has 0 radical (unpaired) electrons. The summed E-state index contributed by atoms with van der Waals surface area (Å²) < 4.78 is 0. The van der Waals surface area contributed by atoms with Crippen molar-refractivity contribution in [3.63, 3.8) is 0 Å². The van der Waals surface area contributed by atoms with E-state index in [1.54, 1.807) is 6.20 Å². The van der Waals surface area contributed by atoms with Gasteiger partial charge in [0.25, 0.3) is 0 Å². The number of aromatic nitrogens is 2. The fourth-order valence-corrected chi connectivity index (χ4v) is 2.68. The van der Waals surface area contributed by atoms with Gasteiger partial charge in [-0.1, -0.05) is 26.2 Å². The van der Waals surface area contributed by atoms with Crippen LogP contribution in [0.2, 0.25) is 0 Å². The molecule has 17 heavy (non-hydrogen) atoms. The van der Waals surface area contributed by atoms with Gasteiger partial charge in [-0.25, -0.2) is 9.97 Å². The molecule has 94 valence electrons. The van der Waals surface area contributed by atoms with Crippen molar-refractivity contribution in [2.45, 2.75) is 51.5 Å². The van der Waals surface area contributed by atoms with Crippen molar-refractivity contribution in [2.75, 3.05) is 5.73 Å². The molecule has 4 N–H and O–H groups in total. The van der Waals surface area contributed by atoms with Crippen molar-refractivity contribution in [3.8, 4) is 0 Å². The molecule has 0 bridgehead atoms. The molecular formula is C13H22N4. The van der Waals surface area contributed by atoms with Gasteiger partial charge in [-0.05, 0) is 18.8 Å². The molecular weight excluding hydrogens is 212 g/mol. The Hall–Kier alpha value is -1.16. The van der Waals surface area contributed by atoms with Crippen LogP contribution in [0.3, 0.4) is 0 Å². The number of nitrogens with zero attached hydrogens (tertiary/aromatic N) is 2. The van der Waals surface area contributed by atoms with Gasteiger partial charge in [-0.2, -0.15) is 0 Å². The molecule has 1 aromatic rings. The predicted octanol–water partition coefficient (Wildman–Crippen LogP) is 2.20. The Labute approximate surface area is 103 Å². The zero-order valence-electron chi connectivity index (χ0n) is 10.5. The van der Waals surface area contributed by atoms with Gasteiger partial charge in [0.05, 0.1) is 0 Å². The van der Waals surface area contributed by atoms with Crippen LogP contribution in [0, 0.1) is 5.92 Å². The quantitative estimate of drug-likeness (QED) is 0.840. The third kappa shape index (κ3) is 2.75. The van der Waals surface area contributed by atoms with Gasteiger partial charge in [0.2, 0.25) is 0 Å². The first-order chi connectivity index (χ1) is 8.24. The highest BCUT2D eigenvalue weighted by atomic mass is 15.0. The Morgan fingerprint density at radius 2 is 2.24 bits per heavy atom. The lowest BCUT2D eigenvalue weighted by Crippen LogP contribution is -2.17. The summed E-state index contributed by atoms with van der Waals surface area (Å²) in [5.74, 6) is 2.78. The molecule has 0 aliphatic heterocycles. The van der Waals surface area contributed by atoms with Gasteiger partial charge < -0.3 is 11.5 Å². The van der Waals surface area contributed by atoms with Gasteiger partial charge in [0.1, 0.15) is 11.6 Å². The molecule has 2 unspecified atom stereocenters. The van der Waals surface area contributed by atoms with Crippen LogP contribution in [0.4, 0.5) is 5.82 Å². The largest absolute Gasteiger partial charge is 0.383 e. The van der Waals surface area contributed by atoms with Crippen molar-refractivity contribution in [1.29, 1.82) is 0 Å². The summed E-state index contributed by atoms with van der Waals surface area (Å²) in [4.78, 5) is 8.85. The van der Waals surface area contributed by atoms with E-state index in [2.05, 4.69) is 16.9 Å². The molecule has 1 saturated carbocycles. The molecule has 4 heteroatoms. The van der Waals surface area contributed by atoms with Crippen LogP contribution in [-0.2, 0) is 6.54 Å². The highest BCUT2D eigenvalue weighted by Gasteiger charge is 2.24. The number of rotatable bonds is 3. The summed E-state index contributed by atoms with van der Waals surface area (Å²) in [7, 11) is 0. The highest BCUT2D eigenvalue weighted by Crippen LogP contribution is 2.36. The summed E-state index contributed by atoms with van der Waals surface area (Å²) >= 11 is 0. The van der Waals surface area contributed by atoms with Gasteiger partial charge in [-0.3, -0.25) is 0 Å². The topological polar surface area (TPSA) is 77.8 Å². The lowest BCUT2D eigenvalue weighted by Gasteiger charge is -2.27. The average Bonchev–Trinajstić information content (AvgIpc) is 2.38. The van der Waals surface area contributed by atoms with Gasteiger partial charge in [-0.15, -0.1) is 0 Å². The molecule has 1 heterocycles. The minimum Gasteiger partial charge on any atom is -0.383 e. The van der Waals surface area contributed by atoms with Gasteiger partial charge >= 0.3 is 0 Å². The monoisotopic (exact) mass is 234 g/mol. The summed E-state index contributed by atoms with van der Waals surface area (Å²) in [6.07, 6.45) is 8.07. The summed E-state index contributed by atoms with van der Waals surface area (Å²) in [5.41, 5.74) is 12.3. The van der Waals surface area contributed by atoms with E-state index in [9.17, 15) is 0 Å². The maximum atomic E-state index is 5.87. The fraction of sp³-hybridized carbons (Fsp3) is 0.692. The van der Waals surface area contributed by atoms with Crippen molar-refractivity contribution >= 4 is 5.82 Å². The molecule has 2 atom stereocenters. The second-order valence-corrected chi connectivity index (χ2v) is 4.98. The van der Waals surface area contributed by atoms with Crippen molar-refractivity contribution < 1.29 is 0 Å². The molecule has 1 aliphatic rings. The van der Waals surface area contributed by atoms with Crippen LogP contribution in [0.25, 0.3) is 0 Å². The van der Waals surface area contributed by atoms with Crippen LogP contribution >= 0.6 is 0 Å². The lowest BCUT2D eigenvalue weighted by atomic mass is 9.80. The standard InChI is InChI=1S/C13H22N4/c1-2-9-4-3-5-10(6-9)13-16-8-11(7-14)12(15)17-13/h8-10H,2-7,14H2,1H3,(H2,15,16,17). The lowest BCUT2D eigenvalue weighted by molar-refractivity contribution is 0.307. The maximum absolute atomic E-state index is 5.87. The SMILES string of the molecule is CCC1CCCC(c2ncc(CN)c(N)n2)C1. The van der Waals surface area contributed by atoms with Gasteiger partial charge in [0, 0.05) is 24.2 Å². The first-order valence-electron chi connectivity index (χ1n) is 6.56. The minimum absolute atomic E-state index is 0.411.